The molecule has 0 saturated carbocycles. The SMILES string of the molecule is O=C(NCCc1nc(-c2ccco2)n[nH]1)Nc1cc(F)ccc1OCC1CCCO1. The maximum atomic E-state index is 13.7. The average molecular weight is 415 g/mol. The summed E-state index contributed by atoms with van der Waals surface area (Å²) in [5, 5.41) is 12.2. The van der Waals surface area contributed by atoms with Gasteiger partial charge in [0, 0.05) is 25.6 Å². The molecule has 158 valence electrons. The third-order valence-electron chi connectivity index (χ3n) is 4.56. The van der Waals surface area contributed by atoms with Gasteiger partial charge in [0.2, 0.25) is 5.82 Å². The van der Waals surface area contributed by atoms with Crippen molar-refractivity contribution < 1.29 is 23.1 Å². The minimum Gasteiger partial charge on any atom is -0.489 e. The van der Waals surface area contributed by atoms with Gasteiger partial charge in [0.05, 0.1) is 18.1 Å². The highest BCUT2D eigenvalue weighted by molar-refractivity contribution is 5.90. The summed E-state index contributed by atoms with van der Waals surface area (Å²) in [5.41, 5.74) is 0.255. The Hall–Kier alpha value is -3.40. The second kappa shape index (κ2) is 9.40. The molecule has 30 heavy (non-hydrogen) atoms. The van der Waals surface area contributed by atoms with Crippen LogP contribution in [0.3, 0.4) is 0 Å². The zero-order chi connectivity index (χ0) is 20.8. The topological polar surface area (TPSA) is 114 Å². The van der Waals surface area contributed by atoms with Gasteiger partial charge >= 0.3 is 6.03 Å². The highest BCUT2D eigenvalue weighted by atomic mass is 19.1. The van der Waals surface area contributed by atoms with Gasteiger partial charge in [0.25, 0.3) is 0 Å². The summed E-state index contributed by atoms with van der Waals surface area (Å²) in [5.74, 6) is 1.53. The molecular weight excluding hydrogens is 393 g/mol. The fourth-order valence-electron chi connectivity index (χ4n) is 3.07. The largest absolute Gasteiger partial charge is 0.489 e. The third kappa shape index (κ3) is 5.15. The highest BCUT2D eigenvalue weighted by Gasteiger charge is 2.17. The average Bonchev–Trinajstić information content (AvgIpc) is 3.49. The van der Waals surface area contributed by atoms with E-state index in [1.165, 1.54) is 18.2 Å². The van der Waals surface area contributed by atoms with Crippen LogP contribution in [0.2, 0.25) is 0 Å². The number of furan rings is 1. The van der Waals surface area contributed by atoms with Gasteiger partial charge < -0.3 is 24.5 Å². The van der Waals surface area contributed by atoms with Gasteiger partial charge in [-0.2, -0.15) is 5.10 Å². The van der Waals surface area contributed by atoms with Crippen LogP contribution in [-0.2, 0) is 11.2 Å². The first-order valence-corrected chi connectivity index (χ1v) is 9.71. The number of hydrogen-bond acceptors (Lipinski definition) is 6. The lowest BCUT2D eigenvalue weighted by molar-refractivity contribution is 0.0682. The lowest BCUT2D eigenvalue weighted by Crippen LogP contribution is -2.31. The van der Waals surface area contributed by atoms with E-state index >= 15 is 0 Å². The van der Waals surface area contributed by atoms with Gasteiger partial charge in [-0.1, -0.05) is 0 Å². The van der Waals surface area contributed by atoms with Gasteiger partial charge in [-0.05, 0) is 37.1 Å². The number of carbonyl (C=O) groups excluding carboxylic acids is 1. The van der Waals surface area contributed by atoms with E-state index in [4.69, 9.17) is 13.9 Å². The van der Waals surface area contributed by atoms with E-state index in [0.29, 0.717) is 42.7 Å². The monoisotopic (exact) mass is 415 g/mol. The number of ether oxygens (including phenoxy) is 2. The summed E-state index contributed by atoms with van der Waals surface area (Å²) in [6.45, 7) is 1.38. The summed E-state index contributed by atoms with van der Waals surface area (Å²) in [4.78, 5) is 16.5. The normalized spacial score (nSPS) is 15.8. The van der Waals surface area contributed by atoms with E-state index in [-0.39, 0.29) is 11.8 Å². The number of H-pyrrole nitrogens is 1. The molecule has 1 aliphatic heterocycles. The van der Waals surface area contributed by atoms with Crippen molar-refractivity contribution >= 4 is 11.7 Å². The smallest absolute Gasteiger partial charge is 0.319 e. The van der Waals surface area contributed by atoms with E-state index < -0.39 is 11.8 Å². The third-order valence-corrected chi connectivity index (χ3v) is 4.56. The summed E-state index contributed by atoms with van der Waals surface area (Å²) >= 11 is 0. The van der Waals surface area contributed by atoms with E-state index in [2.05, 4.69) is 25.8 Å². The number of hydrogen-bond donors (Lipinski definition) is 3. The Morgan fingerprint density at radius 3 is 3.10 bits per heavy atom. The fourth-order valence-corrected chi connectivity index (χ4v) is 3.07. The molecule has 9 nitrogen and oxygen atoms in total. The molecule has 3 heterocycles. The molecule has 1 aromatic carbocycles. The summed E-state index contributed by atoms with van der Waals surface area (Å²) in [6, 6.07) is 7.03. The molecule has 0 bridgehead atoms. The van der Waals surface area contributed by atoms with E-state index in [1.54, 1.807) is 18.4 Å². The van der Waals surface area contributed by atoms with Crippen LogP contribution in [0, 0.1) is 5.82 Å². The Bertz CT molecular complexity index is 969. The van der Waals surface area contributed by atoms with E-state index in [1.807, 2.05) is 0 Å². The van der Waals surface area contributed by atoms with Gasteiger partial charge in [0.1, 0.15) is 24.0 Å². The van der Waals surface area contributed by atoms with Crippen molar-refractivity contribution in [1.82, 2.24) is 20.5 Å². The molecule has 0 aliphatic carbocycles. The van der Waals surface area contributed by atoms with Crippen molar-refractivity contribution in [2.75, 3.05) is 25.1 Å². The van der Waals surface area contributed by atoms with Crippen molar-refractivity contribution in [3.05, 3.63) is 48.2 Å². The summed E-state index contributed by atoms with van der Waals surface area (Å²) < 4.78 is 30.1. The number of nitrogens with one attached hydrogen (secondary N) is 3. The highest BCUT2D eigenvalue weighted by Crippen LogP contribution is 2.26. The minimum absolute atomic E-state index is 0.0182. The van der Waals surface area contributed by atoms with Crippen molar-refractivity contribution in [1.29, 1.82) is 0 Å². The number of aromatic nitrogens is 3. The van der Waals surface area contributed by atoms with Crippen LogP contribution >= 0.6 is 0 Å². The molecule has 3 aromatic rings. The van der Waals surface area contributed by atoms with Crippen LogP contribution < -0.4 is 15.4 Å². The first kappa shape index (κ1) is 19.9. The van der Waals surface area contributed by atoms with Gasteiger partial charge in [-0.15, -0.1) is 0 Å². The van der Waals surface area contributed by atoms with E-state index in [9.17, 15) is 9.18 Å². The molecule has 10 heteroatoms. The molecule has 0 spiro atoms. The Morgan fingerprint density at radius 1 is 1.37 bits per heavy atom. The lowest BCUT2D eigenvalue weighted by Gasteiger charge is -2.15. The van der Waals surface area contributed by atoms with Crippen LogP contribution in [-0.4, -0.2) is 47.1 Å². The zero-order valence-corrected chi connectivity index (χ0v) is 16.2. The van der Waals surface area contributed by atoms with Crippen molar-refractivity contribution in [3.8, 4) is 17.3 Å². The minimum atomic E-state index is -0.478. The number of anilines is 1. The van der Waals surface area contributed by atoms with Crippen LogP contribution in [0.1, 0.15) is 18.7 Å². The van der Waals surface area contributed by atoms with Crippen LogP contribution in [0.4, 0.5) is 14.9 Å². The number of rotatable bonds is 8. The van der Waals surface area contributed by atoms with Gasteiger partial charge in [-0.3, -0.25) is 5.10 Å². The molecule has 2 aromatic heterocycles. The van der Waals surface area contributed by atoms with Crippen LogP contribution in [0.25, 0.3) is 11.6 Å². The standard InChI is InChI=1S/C20H22FN5O4/c21-13-5-6-16(30-12-14-3-1-9-28-14)15(11-13)23-20(27)22-8-7-18-24-19(26-25-18)17-4-2-10-29-17/h2,4-6,10-11,14H,1,3,7-9,12H2,(H2,22,23,27)(H,24,25,26). The zero-order valence-electron chi connectivity index (χ0n) is 16.2. The van der Waals surface area contributed by atoms with Gasteiger partial charge in [-0.25, -0.2) is 14.2 Å². The molecule has 4 rings (SSSR count). The Morgan fingerprint density at radius 2 is 2.30 bits per heavy atom. The first-order valence-electron chi connectivity index (χ1n) is 9.71. The molecule has 1 saturated heterocycles. The number of nitrogens with zero attached hydrogens (tertiary/aromatic N) is 2. The predicted molar refractivity (Wildman–Crippen MR) is 106 cm³/mol. The molecule has 0 radical (unpaired) electrons. The summed E-state index contributed by atoms with van der Waals surface area (Å²) in [6.07, 6.45) is 3.92. The number of carbonyl (C=O) groups is 1. The number of urea groups is 1. The second-order valence-electron chi connectivity index (χ2n) is 6.80. The maximum Gasteiger partial charge on any atom is 0.319 e. The molecule has 1 fully saturated rings. The first-order chi connectivity index (χ1) is 14.7. The Balaban J connectivity index is 1.27. The number of amides is 2. The summed E-state index contributed by atoms with van der Waals surface area (Å²) in [7, 11) is 0. The number of aromatic amines is 1. The number of benzene rings is 1. The molecule has 1 atom stereocenters. The molecular formula is C20H22FN5O4. The molecule has 1 aliphatic rings. The quantitative estimate of drug-likeness (QED) is 0.521. The molecule has 2 amide bonds. The Kier molecular flexibility index (Phi) is 6.23. The van der Waals surface area contributed by atoms with Gasteiger partial charge in [0.15, 0.2) is 5.76 Å². The lowest BCUT2D eigenvalue weighted by atomic mass is 10.2. The van der Waals surface area contributed by atoms with E-state index in [0.717, 1.165) is 19.4 Å². The van der Waals surface area contributed by atoms with Crippen molar-refractivity contribution in [3.63, 3.8) is 0 Å². The predicted octanol–water partition coefficient (Wildman–Crippen LogP) is 3.13. The van der Waals surface area contributed by atoms with Crippen molar-refractivity contribution in [2.24, 2.45) is 0 Å². The van der Waals surface area contributed by atoms with Crippen LogP contribution in [0.15, 0.2) is 41.0 Å². The fraction of sp³-hybridized carbons (Fsp3) is 0.350. The van der Waals surface area contributed by atoms with Crippen molar-refractivity contribution in [2.45, 2.75) is 25.4 Å². The Labute approximate surface area is 172 Å². The molecule has 1 unspecified atom stereocenters. The second-order valence-corrected chi connectivity index (χ2v) is 6.80. The molecule has 3 N–H and O–H groups in total. The van der Waals surface area contributed by atoms with Crippen LogP contribution in [0.5, 0.6) is 5.75 Å². The number of halogens is 1. The maximum absolute atomic E-state index is 13.7.